The third-order valence-corrected chi connectivity index (χ3v) is 3.97. The second-order valence-electron chi connectivity index (χ2n) is 5.61. The van der Waals surface area contributed by atoms with Crippen LogP contribution in [0.25, 0.3) is 0 Å². The molecule has 0 aliphatic heterocycles. The van der Waals surface area contributed by atoms with Crippen LogP contribution in [0.5, 0.6) is 0 Å². The predicted octanol–water partition coefficient (Wildman–Crippen LogP) is 3.74. The van der Waals surface area contributed by atoms with Crippen molar-refractivity contribution in [3.63, 3.8) is 0 Å². The second kappa shape index (κ2) is 6.20. The van der Waals surface area contributed by atoms with Gasteiger partial charge in [-0.25, -0.2) is 4.98 Å². The van der Waals surface area contributed by atoms with Gasteiger partial charge < -0.3 is 10.4 Å². The van der Waals surface area contributed by atoms with Gasteiger partial charge in [0.1, 0.15) is 5.82 Å². The highest BCUT2D eigenvalue weighted by Gasteiger charge is 2.20. The van der Waals surface area contributed by atoms with Gasteiger partial charge in [0.15, 0.2) is 0 Å². The largest absolute Gasteiger partial charge is 0.394 e. The Morgan fingerprint density at radius 3 is 2.70 bits per heavy atom. The quantitative estimate of drug-likeness (QED) is 0.876. The molecule has 0 saturated heterocycles. The van der Waals surface area contributed by atoms with E-state index in [9.17, 15) is 5.11 Å². The molecule has 4 nitrogen and oxygen atoms in total. The van der Waals surface area contributed by atoms with Crippen molar-refractivity contribution >= 4 is 32.6 Å². The molecule has 1 heterocycles. The molecule has 2 aromatic rings. The molecular formula is C14H18BrN3OS. The summed E-state index contributed by atoms with van der Waals surface area (Å²) in [6.07, 6.45) is 0. The molecule has 0 fully saturated rings. The van der Waals surface area contributed by atoms with Crippen LogP contribution in [0.15, 0.2) is 28.7 Å². The van der Waals surface area contributed by atoms with Crippen molar-refractivity contribution in [1.82, 2.24) is 9.36 Å². The van der Waals surface area contributed by atoms with E-state index in [1.165, 1.54) is 11.5 Å². The van der Waals surface area contributed by atoms with E-state index in [4.69, 9.17) is 0 Å². The normalized spacial score (nSPS) is 13.2. The Morgan fingerprint density at radius 1 is 1.40 bits per heavy atom. The molecule has 1 aromatic carbocycles. The highest BCUT2D eigenvalue weighted by Crippen LogP contribution is 2.26. The predicted molar refractivity (Wildman–Crippen MR) is 86.2 cm³/mol. The maximum atomic E-state index is 9.58. The maximum absolute atomic E-state index is 9.58. The average Bonchev–Trinajstić information content (AvgIpc) is 2.84. The van der Waals surface area contributed by atoms with Crippen molar-refractivity contribution < 1.29 is 5.11 Å². The van der Waals surface area contributed by atoms with Crippen molar-refractivity contribution in [3.8, 4) is 0 Å². The lowest BCUT2D eigenvalue weighted by molar-refractivity contribution is 0.276. The summed E-state index contributed by atoms with van der Waals surface area (Å²) in [4.78, 5) is 4.49. The molecular weight excluding hydrogens is 338 g/mol. The molecule has 2 N–H and O–H groups in total. The Bertz CT molecular complexity index is 580. The summed E-state index contributed by atoms with van der Waals surface area (Å²) in [5.74, 6) is 0.816. The number of anilines is 1. The minimum absolute atomic E-state index is 0.000878. The van der Waals surface area contributed by atoms with Gasteiger partial charge in [0, 0.05) is 21.4 Å². The number of halogens is 1. The summed E-state index contributed by atoms with van der Waals surface area (Å²) < 4.78 is 5.35. The lowest BCUT2D eigenvalue weighted by Gasteiger charge is -2.16. The van der Waals surface area contributed by atoms with Crippen LogP contribution in [0.3, 0.4) is 0 Å². The van der Waals surface area contributed by atoms with Crippen molar-refractivity contribution in [2.45, 2.75) is 32.2 Å². The van der Waals surface area contributed by atoms with Crippen molar-refractivity contribution in [3.05, 3.63) is 40.1 Å². The van der Waals surface area contributed by atoms with Crippen LogP contribution in [0.4, 0.5) is 5.13 Å². The molecule has 20 heavy (non-hydrogen) atoms. The van der Waals surface area contributed by atoms with Gasteiger partial charge in [-0.3, -0.25) is 0 Å². The highest BCUT2D eigenvalue weighted by atomic mass is 79.9. The first-order valence-electron chi connectivity index (χ1n) is 6.37. The first kappa shape index (κ1) is 15.4. The molecule has 0 bridgehead atoms. The van der Waals surface area contributed by atoms with Crippen LogP contribution in [0, 0.1) is 0 Å². The molecule has 1 atom stereocenters. The number of aromatic nitrogens is 2. The number of hydrogen-bond acceptors (Lipinski definition) is 5. The van der Waals surface area contributed by atoms with Crippen LogP contribution in [-0.4, -0.2) is 21.1 Å². The zero-order valence-electron chi connectivity index (χ0n) is 11.7. The molecule has 6 heteroatoms. The summed E-state index contributed by atoms with van der Waals surface area (Å²) in [5.41, 5.74) is 0.940. The van der Waals surface area contributed by atoms with E-state index in [1.807, 2.05) is 24.3 Å². The molecule has 0 saturated carbocycles. The Hall–Kier alpha value is -0.980. The average molecular weight is 356 g/mol. The van der Waals surface area contributed by atoms with Crippen LogP contribution in [0.1, 0.15) is 38.2 Å². The number of benzene rings is 1. The third-order valence-electron chi connectivity index (χ3n) is 2.83. The van der Waals surface area contributed by atoms with E-state index >= 15 is 0 Å². The molecule has 1 unspecified atom stereocenters. The van der Waals surface area contributed by atoms with Gasteiger partial charge in [-0.15, -0.1) is 0 Å². The summed E-state index contributed by atoms with van der Waals surface area (Å²) in [7, 11) is 0. The zero-order valence-corrected chi connectivity index (χ0v) is 14.1. The first-order valence-corrected chi connectivity index (χ1v) is 7.94. The fourth-order valence-corrected chi connectivity index (χ4v) is 2.92. The fraction of sp³-hybridized carbons (Fsp3) is 0.429. The number of aliphatic hydroxyl groups excluding tert-OH is 1. The first-order chi connectivity index (χ1) is 9.40. The fourth-order valence-electron chi connectivity index (χ4n) is 1.69. The number of nitrogens with zero attached hydrogens (tertiary/aromatic N) is 2. The molecule has 108 valence electrons. The maximum Gasteiger partial charge on any atom is 0.203 e. The Labute approximate surface area is 131 Å². The minimum atomic E-state index is -0.187. The lowest BCUT2D eigenvalue weighted by Crippen LogP contribution is -2.16. The molecule has 0 radical (unpaired) electrons. The van der Waals surface area contributed by atoms with Crippen LogP contribution in [0.2, 0.25) is 0 Å². The molecule has 0 spiro atoms. The standard InChI is InChI=1S/C14H18BrN3OS/c1-14(2,3)12-17-13(20-18-12)16-11(8-19)9-5-4-6-10(15)7-9/h4-7,11,19H,8H2,1-3H3,(H,16,17,18). The minimum Gasteiger partial charge on any atom is -0.394 e. The van der Waals surface area contributed by atoms with Gasteiger partial charge in [0.05, 0.1) is 12.6 Å². The highest BCUT2D eigenvalue weighted by molar-refractivity contribution is 9.10. The van der Waals surface area contributed by atoms with E-state index < -0.39 is 0 Å². The van der Waals surface area contributed by atoms with Gasteiger partial charge in [-0.2, -0.15) is 4.37 Å². The van der Waals surface area contributed by atoms with Crippen LogP contribution in [-0.2, 0) is 5.41 Å². The summed E-state index contributed by atoms with van der Waals surface area (Å²) in [6.45, 7) is 6.24. The number of nitrogens with one attached hydrogen (secondary N) is 1. The second-order valence-corrected chi connectivity index (χ2v) is 7.28. The van der Waals surface area contributed by atoms with Gasteiger partial charge in [0.2, 0.25) is 5.13 Å². The Kier molecular flexibility index (Phi) is 4.78. The number of hydrogen-bond donors (Lipinski definition) is 2. The van der Waals surface area contributed by atoms with E-state index in [-0.39, 0.29) is 18.1 Å². The zero-order chi connectivity index (χ0) is 14.8. The Balaban J connectivity index is 2.16. The van der Waals surface area contributed by atoms with Crippen molar-refractivity contribution in [2.75, 3.05) is 11.9 Å². The molecule has 0 amide bonds. The topological polar surface area (TPSA) is 58.0 Å². The molecule has 2 rings (SSSR count). The summed E-state index contributed by atoms with van der Waals surface area (Å²) in [6, 6.07) is 7.68. The Morgan fingerprint density at radius 2 is 2.15 bits per heavy atom. The summed E-state index contributed by atoms with van der Waals surface area (Å²) in [5, 5.41) is 13.5. The van der Waals surface area contributed by atoms with E-state index in [0.29, 0.717) is 0 Å². The van der Waals surface area contributed by atoms with Crippen LogP contribution < -0.4 is 5.32 Å². The SMILES string of the molecule is CC(C)(C)c1nsc(NC(CO)c2cccc(Br)c2)n1. The van der Waals surface area contributed by atoms with E-state index in [1.54, 1.807) is 0 Å². The smallest absolute Gasteiger partial charge is 0.203 e. The van der Waals surface area contributed by atoms with E-state index in [2.05, 4.69) is 51.4 Å². The molecule has 0 aliphatic carbocycles. The molecule has 0 aliphatic rings. The van der Waals surface area contributed by atoms with Gasteiger partial charge in [-0.05, 0) is 17.7 Å². The number of rotatable bonds is 4. The van der Waals surface area contributed by atoms with Crippen molar-refractivity contribution in [1.29, 1.82) is 0 Å². The monoisotopic (exact) mass is 355 g/mol. The van der Waals surface area contributed by atoms with Crippen LogP contribution >= 0.6 is 27.5 Å². The van der Waals surface area contributed by atoms with E-state index in [0.717, 1.165) is 21.0 Å². The number of aliphatic hydroxyl groups is 1. The molecule has 1 aromatic heterocycles. The third kappa shape index (κ3) is 3.77. The van der Waals surface area contributed by atoms with Gasteiger partial charge >= 0.3 is 0 Å². The van der Waals surface area contributed by atoms with Gasteiger partial charge in [0.25, 0.3) is 0 Å². The lowest BCUT2D eigenvalue weighted by atomic mass is 9.96. The van der Waals surface area contributed by atoms with Crippen molar-refractivity contribution in [2.24, 2.45) is 0 Å². The summed E-state index contributed by atoms with van der Waals surface area (Å²) >= 11 is 4.76. The van der Waals surface area contributed by atoms with Gasteiger partial charge in [-0.1, -0.05) is 48.8 Å².